The van der Waals surface area contributed by atoms with Gasteiger partial charge in [0.05, 0.1) is 12.5 Å². The molecule has 1 heterocycles. The first-order valence-corrected chi connectivity index (χ1v) is 5.01. The maximum absolute atomic E-state index is 11.7. The van der Waals surface area contributed by atoms with Crippen molar-refractivity contribution in [2.75, 3.05) is 5.32 Å². The second-order valence-electron chi connectivity index (χ2n) is 3.68. The molecule has 1 unspecified atom stereocenters. The minimum atomic E-state index is -0.987. The van der Waals surface area contributed by atoms with Gasteiger partial charge in [-0.1, -0.05) is 18.2 Å². The van der Waals surface area contributed by atoms with Crippen LogP contribution in [0.15, 0.2) is 24.3 Å². The van der Waals surface area contributed by atoms with Gasteiger partial charge in [0.2, 0.25) is 5.91 Å². The molecule has 2 rings (SSSR count). The van der Waals surface area contributed by atoms with E-state index in [4.69, 9.17) is 5.11 Å². The third-order valence-corrected chi connectivity index (χ3v) is 2.51. The minimum absolute atomic E-state index is 0.209. The van der Waals surface area contributed by atoms with Gasteiger partial charge in [-0.15, -0.1) is 0 Å². The van der Waals surface area contributed by atoms with Crippen molar-refractivity contribution in [3.8, 4) is 0 Å². The predicted octanol–water partition coefficient (Wildman–Crippen LogP) is 0.572. The Morgan fingerprint density at radius 1 is 1.44 bits per heavy atom. The number of carboxylic acids is 1. The molecule has 3 N–H and O–H groups in total. The molecule has 1 amide bonds. The van der Waals surface area contributed by atoms with E-state index in [9.17, 15) is 9.59 Å². The average molecular weight is 220 g/mol. The summed E-state index contributed by atoms with van der Waals surface area (Å²) in [5.41, 5.74) is 1.71. The summed E-state index contributed by atoms with van der Waals surface area (Å²) in [6.45, 7) is 0.493. The number of carbonyl (C=O) groups is 2. The highest BCUT2D eigenvalue weighted by Gasteiger charge is 2.24. The van der Waals surface area contributed by atoms with Crippen molar-refractivity contribution >= 4 is 17.6 Å². The molecule has 5 nitrogen and oxygen atoms in total. The van der Waals surface area contributed by atoms with E-state index in [1.807, 2.05) is 18.2 Å². The van der Waals surface area contributed by atoms with Gasteiger partial charge in [-0.25, -0.2) is 0 Å². The van der Waals surface area contributed by atoms with Crippen molar-refractivity contribution in [3.63, 3.8) is 0 Å². The van der Waals surface area contributed by atoms with Gasteiger partial charge in [0.15, 0.2) is 0 Å². The fourth-order valence-corrected chi connectivity index (χ4v) is 1.68. The molecule has 1 aliphatic rings. The van der Waals surface area contributed by atoms with Crippen LogP contribution >= 0.6 is 0 Å². The first-order chi connectivity index (χ1) is 7.66. The molecule has 1 aliphatic heterocycles. The molecule has 0 saturated heterocycles. The largest absolute Gasteiger partial charge is 0.481 e. The number of para-hydroxylation sites is 1. The summed E-state index contributed by atoms with van der Waals surface area (Å²) >= 11 is 0. The highest BCUT2D eigenvalue weighted by molar-refractivity contribution is 5.98. The van der Waals surface area contributed by atoms with Crippen LogP contribution in [0.4, 0.5) is 5.69 Å². The monoisotopic (exact) mass is 220 g/mol. The highest BCUT2D eigenvalue weighted by Crippen LogP contribution is 2.18. The Labute approximate surface area is 92.5 Å². The lowest BCUT2D eigenvalue weighted by Crippen LogP contribution is -2.39. The molecule has 1 aromatic carbocycles. The Kier molecular flexibility index (Phi) is 2.87. The molecule has 16 heavy (non-hydrogen) atoms. The summed E-state index contributed by atoms with van der Waals surface area (Å²) in [6.07, 6.45) is -0.209. The van der Waals surface area contributed by atoms with Crippen LogP contribution in [0.2, 0.25) is 0 Å². The predicted molar refractivity (Wildman–Crippen MR) is 58.0 cm³/mol. The number of aliphatic carboxylic acids is 1. The highest BCUT2D eigenvalue weighted by atomic mass is 16.4. The maximum Gasteiger partial charge on any atom is 0.305 e. The molecule has 5 heteroatoms. The van der Waals surface area contributed by atoms with E-state index in [1.165, 1.54) is 0 Å². The van der Waals surface area contributed by atoms with Crippen LogP contribution in [0.5, 0.6) is 0 Å². The third-order valence-electron chi connectivity index (χ3n) is 2.51. The van der Waals surface area contributed by atoms with Crippen molar-refractivity contribution in [3.05, 3.63) is 29.8 Å². The Morgan fingerprint density at radius 2 is 2.19 bits per heavy atom. The first-order valence-electron chi connectivity index (χ1n) is 5.01. The SMILES string of the molecule is O=C(O)CC1NCc2ccccc2NC1=O. The van der Waals surface area contributed by atoms with Gasteiger partial charge in [0.1, 0.15) is 0 Å². The number of amides is 1. The van der Waals surface area contributed by atoms with Gasteiger partial charge >= 0.3 is 5.97 Å². The quantitative estimate of drug-likeness (QED) is 0.681. The van der Waals surface area contributed by atoms with Crippen LogP contribution in [-0.4, -0.2) is 23.0 Å². The Hall–Kier alpha value is -1.88. The van der Waals surface area contributed by atoms with Crippen molar-refractivity contribution in [1.82, 2.24) is 5.32 Å². The van der Waals surface area contributed by atoms with E-state index in [-0.39, 0.29) is 12.3 Å². The number of fused-ring (bicyclic) bond motifs is 1. The Morgan fingerprint density at radius 3 is 2.94 bits per heavy atom. The van der Waals surface area contributed by atoms with Crippen LogP contribution in [-0.2, 0) is 16.1 Å². The molecular formula is C11H12N2O3. The van der Waals surface area contributed by atoms with Crippen molar-refractivity contribution in [2.45, 2.75) is 19.0 Å². The average Bonchev–Trinajstić information content (AvgIpc) is 2.39. The standard InChI is InChI=1S/C11H12N2O3/c14-10(15)5-9-11(16)13-8-4-2-1-3-7(8)6-12-9/h1-4,9,12H,5-6H2,(H,13,16)(H,14,15). The van der Waals surface area contributed by atoms with Crippen LogP contribution in [0.1, 0.15) is 12.0 Å². The maximum atomic E-state index is 11.7. The van der Waals surface area contributed by atoms with Crippen molar-refractivity contribution in [2.24, 2.45) is 0 Å². The molecule has 0 fully saturated rings. The van der Waals surface area contributed by atoms with E-state index >= 15 is 0 Å². The van der Waals surface area contributed by atoms with E-state index in [2.05, 4.69) is 10.6 Å². The van der Waals surface area contributed by atoms with Gasteiger partial charge in [-0.05, 0) is 11.6 Å². The second-order valence-corrected chi connectivity index (χ2v) is 3.68. The van der Waals surface area contributed by atoms with E-state index in [0.717, 1.165) is 11.3 Å². The normalized spacial score (nSPS) is 19.5. The Bertz CT molecular complexity index is 431. The number of anilines is 1. The summed E-state index contributed by atoms with van der Waals surface area (Å²) in [5, 5.41) is 14.3. The zero-order valence-corrected chi connectivity index (χ0v) is 8.56. The first kappa shape index (κ1) is 10.6. The summed E-state index contributed by atoms with van der Waals surface area (Å²) in [4.78, 5) is 22.3. The number of carboxylic acid groups (broad SMARTS) is 1. The fourth-order valence-electron chi connectivity index (χ4n) is 1.68. The molecule has 0 spiro atoms. The summed E-state index contributed by atoms with van der Waals surface area (Å²) in [7, 11) is 0. The third kappa shape index (κ3) is 2.20. The molecule has 0 aromatic heterocycles. The Balaban J connectivity index is 2.18. The second kappa shape index (κ2) is 4.32. The topological polar surface area (TPSA) is 78.4 Å². The van der Waals surface area contributed by atoms with Crippen LogP contribution in [0.25, 0.3) is 0 Å². The lowest BCUT2D eigenvalue weighted by Gasteiger charge is -2.11. The van der Waals surface area contributed by atoms with Crippen LogP contribution in [0.3, 0.4) is 0 Å². The zero-order valence-electron chi connectivity index (χ0n) is 8.56. The number of hydrogen-bond acceptors (Lipinski definition) is 3. The van der Waals surface area contributed by atoms with Crippen LogP contribution in [0, 0.1) is 0 Å². The fraction of sp³-hybridized carbons (Fsp3) is 0.273. The molecule has 0 bridgehead atoms. The summed E-state index contributed by atoms with van der Waals surface area (Å²) in [6, 6.07) is 6.73. The van der Waals surface area contributed by atoms with Gasteiger partial charge in [-0.2, -0.15) is 0 Å². The van der Waals surface area contributed by atoms with E-state index in [1.54, 1.807) is 6.07 Å². The van der Waals surface area contributed by atoms with Gasteiger partial charge in [0, 0.05) is 12.2 Å². The summed E-state index contributed by atoms with van der Waals surface area (Å²) < 4.78 is 0. The van der Waals surface area contributed by atoms with Gasteiger partial charge in [0.25, 0.3) is 0 Å². The molecule has 0 radical (unpaired) electrons. The van der Waals surface area contributed by atoms with E-state index < -0.39 is 12.0 Å². The lowest BCUT2D eigenvalue weighted by atomic mass is 10.2. The van der Waals surface area contributed by atoms with Crippen molar-refractivity contribution in [1.29, 1.82) is 0 Å². The lowest BCUT2D eigenvalue weighted by molar-refractivity contribution is -0.139. The molecule has 1 aromatic rings. The van der Waals surface area contributed by atoms with Crippen LogP contribution < -0.4 is 10.6 Å². The van der Waals surface area contributed by atoms with Gasteiger partial charge in [-0.3, -0.25) is 9.59 Å². The number of benzene rings is 1. The number of nitrogens with one attached hydrogen (secondary N) is 2. The minimum Gasteiger partial charge on any atom is -0.481 e. The molecule has 84 valence electrons. The molecule has 0 saturated carbocycles. The summed E-state index contributed by atoms with van der Waals surface area (Å²) in [5.74, 6) is -1.29. The van der Waals surface area contributed by atoms with Crippen molar-refractivity contribution < 1.29 is 14.7 Å². The smallest absolute Gasteiger partial charge is 0.305 e. The van der Waals surface area contributed by atoms with E-state index in [0.29, 0.717) is 6.54 Å². The number of hydrogen-bond donors (Lipinski definition) is 3. The number of carbonyl (C=O) groups excluding carboxylic acids is 1. The van der Waals surface area contributed by atoms with Gasteiger partial charge < -0.3 is 15.7 Å². The zero-order chi connectivity index (χ0) is 11.5. The molecule has 0 aliphatic carbocycles. The molecule has 1 atom stereocenters. The molecular weight excluding hydrogens is 208 g/mol. The number of rotatable bonds is 2.